The maximum atomic E-state index is 12.5. The van der Waals surface area contributed by atoms with E-state index >= 15 is 0 Å². The lowest BCUT2D eigenvalue weighted by atomic mass is 10.1. The first-order valence-corrected chi connectivity index (χ1v) is 8.08. The highest BCUT2D eigenvalue weighted by Crippen LogP contribution is 2.21. The molecule has 1 N–H and O–H groups in total. The highest BCUT2D eigenvalue weighted by atomic mass is 16.4. The molecule has 0 aliphatic carbocycles. The highest BCUT2D eigenvalue weighted by Gasteiger charge is 2.31. The SMILES string of the molecule is Cc1nn(-c2ccccc2)c(C)c1CC(=O)N1CC[C@@H](C(=O)O)C1. The number of nitrogens with zero attached hydrogens (tertiary/aromatic N) is 3. The third kappa shape index (κ3) is 3.04. The van der Waals surface area contributed by atoms with Gasteiger partial charge in [0.25, 0.3) is 0 Å². The molecule has 0 unspecified atom stereocenters. The maximum absolute atomic E-state index is 12.5. The van der Waals surface area contributed by atoms with Crippen molar-refractivity contribution in [1.29, 1.82) is 0 Å². The van der Waals surface area contributed by atoms with Crippen LogP contribution in [0, 0.1) is 19.8 Å². The van der Waals surface area contributed by atoms with Gasteiger partial charge in [-0.25, -0.2) is 4.68 Å². The first-order chi connectivity index (χ1) is 11.5. The van der Waals surface area contributed by atoms with Crippen molar-refractivity contribution in [2.75, 3.05) is 13.1 Å². The molecule has 2 aromatic rings. The van der Waals surface area contributed by atoms with E-state index in [0.717, 1.165) is 22.6 Å². The standard InChI is InChI=1S/C18H21N3O3/c1-12-16(10-17(22)20-9-8-14(11-20)18(23)24)13(2)21(19-12)15-6-4-3-5-7-15/h3-7,14H,8-11H2,1-2H3,(H,23,24)/t14-/m1/s1. The Morgan fingerprint density at radius 3 is 2.58 bits per heavy atom. The van der Waals surface area contributed by atoms with Crippen molar-refractivity contribution < 1.29 is 14.7 Å². The number of hydrogen-bond acceptors (Lipinski definition) is 3. The first-order valence-electron chi connectivity index (χ1n) is 8.08. The Bertz CT molecular complexity index is 767. The number of rotatable bonds is 4. The second-order valence-electron chi connectivity index (χ2n) is 6.24. The lowest BCUT2D eigenvalue weighted by Gasteiger charge is -2.16. The predicted octanol–water partition coefficient (Wildman–Crippen LogP) is 1.96. The number of hydrogen-bond donors (Lipinski definition) is 1. The fraction of sp³-hybridized carbons (Fsp3) is 0.389. The van der Waals surface area contributed by atoms with Crippen LogP contribution in [0.5, 0.6) is 0 Å². The largest absolute Gasteiger partial charge is 0.481 e. The summed E-state index contributed by atoms with van der Waals surface area (Å²) < 4.78 is 1.85. The highest BCUT2D eigenvalue weighted by molar-refractivity contribution is 5.81. The Balaban J connectivity index is 1.78. The van der Waals surface area contributed by atoms with Crippen LogP contribution in [0.4, 0.5) is 0 Å². The minimum absolute atomic E-state index is 0.0300. The summed E-state index contributed by atoms with van der Waals surface area (Å²) in [6.45, 7) is 4.68. The lowest BCUT2D eigenvalue weighted by Crippen LogP contribution is -2.31. The van der Waals surface area contributed by atoms with Gasteiger partial charge in [0.15, 0.2) is 0 Å². The summed E-state index contributed by atoms with van der Waals surface area (Å²) >= 11 is 0. The molecule has 6 heteroatoms. The Labute approximate surface area is 140 Å². The van der Waals surface area contributed by atoms with Crippen LogP contribution in [0.15, 0.2) is 30.3 Å². The summed E-state index contributed by atoms with van der Waals surface area (Å²) in [5, 5.41) is 13.6. The molecule has 126 valence electrons. The molecule has 0 spiro atoms. The minimum Gasteiger partial charge on any atom is -0.481 e. The molecule has 0 bridgehead atoms. The van der Waals surface area contributed by atoms with Crippen molar-refractivity contribution in [2.24, 2.45) is 5.92 Å². The van der Waals surface area contributed by atoms with E-state index in [9.17, 15) is 9.59 Å². The predicted molar refractivity (Wildman–Crippen MR) is 89.1 cm³/mol. The van der Waals surface area contributed by atoms with E-state index in [1.165, 1.54) is 0 Å². The van der Waals surface area contributed by atoms with Gasteiger partial charge in [-0.1, -0.05) is 18.2 Å². The number of amides is 1. The number of carbonyl (C=O) groups excluding carboxylic acids is 1. The second-order valence-corrected chi connectivity index (χ2v) is 6.24. The molecule has 0 saturated carbocycles. The molecule has 1 aromatic carbocycles. The van der Waals surface area contributed by atoms with Crippen LogP contribution in [0.1, 0.15) is 23.4 Å². The summed E-state index contributed by atoms with van der Waals surface area (Å²) in [6, 6.07) is 9.80. The molecule has 1 saturated heterocycles. The average Bonchev–Trinajstić information content (AvgIpc) is 3.16. The molecule has 1 amide bonds. The smallest absolute Gasteiger partial charge is 0.308 e. The number of carboxylic acid groups (broad SMARTS) is 1. The second kappa shape index (κ2) is 6.47. The number of para-hydroxylation sites is 1. The van der Waals surface area contributed by atoms with Crippen molar-refractivity contribution in [1.82, 2.24) is 14.7 Å². The number of likely N-dealkylation sites (tertiary alicyclic amines) is 1. The van der Waals surface area contributed by atoms with Gasteiger partial charge in [-0.15, -0.1) is 0 Å². The molecule has 1 atom stereocenters. The lowest BCUT2D eigenvalue weighted by molar-refractivity contribution is -0.141. The van der Waals surface area contributed by atoms with Gasteiger partial charge in [0.1, 0.15) is 0 Å². The van der Waals surface area contributed by atoms with Gasteiger partial charge in [-0.3, -0.25) is 9.59 Å². The van der Waals surface area contributed by atoms with E-state index in [1.54, 1.807) is 4.90 Å². The quantitative estimate of drug-likeness (QED) is 0.931. The van der Waals surface area contributed by atoms with Crippen LogP contribution >= 0.6 is 0 Å². The van der Waals surface area contributed by atoms with Crippen LogP contribution in [-0.2, 0) is 16.0 Å². The van der Waals surface area contributed by atoms with Gasteiger partial charge >= 0.3 is 5.97 Å². The molecule has 0 radical (unpaired) electrons. The van der Waals surface area contributed by atoms with Gasteiger partial charge < -0.3 is 10.0 Å². The van der Waals surface area contributed by atoms with Gasteiger partial charge in [0.05, 0.1) is 23.7 Å². The number of aryl methyl sites for hydroxylation is 1. The molecule has 2 heterocycles. The Morgan fingerprint density at radius 2 is 1.96 bits per heavy atom. The van der Waals surface area contributed by atoms with Crippen molar-refractivity contribution in [2.45, 2.75) is 26.7 Å². The molecule has 1 aliphatic rings. The first kappa shape index (κ1) is 16.2. The average molecular weight is 327 g/mol. The molecule has 1 aromatic heterocycles. The van der Waals surface area contributed by atoms with E-state index < -0.39 is 11.9 Å². The van der Waals surface area contributed by atoms with Crippen LogP contribution < -0.4 is 0 Å². The van der Waals surface area contributed by atoms with E-state index in [-0.39, 0.29) is 12.3 Å². The number of aromatic nitrogens is 2. The summed E-state index contributed by atoms with van der Waals surface area (Å²) in [4.78, 5) is 25.2. The topological polar surface area (TPSA) is 75.4 Å². The normalized spacial score (nSPS) is 17.2. The van der Waals surface area contributed by atoms with E-state index in [2.05, 4.69) is 5.10 Å². The zero-order chi connectivity index (χ0) is 17.3. The minimum atomic E-state index is -0.824. The zero-order valence-corrected chi connectivity index (χ0v) is 13.9. The van der Waals surface area contributed by atoms with Gasteiger partial charge in [0.2, 0.25) is 5.91 Å². The Kier molecular flexibility index (Phi) is 4.38. The maximum Gasteiger partial charge on any atom is 0.308 e. The van der Waals surface area contributed by atoms with Crippen molar-refractivity contribution in [3.63, 3.8) is 0 Å². The molecule has 6 nitrogen and oxygen atoms in total. The summed E-state index contributed by atoms with van der Waals surface area (Å²) in [5.41, 5.74) is 3.66. The van der Waals surface area contributed by atoms with Gasteiger partial charge in [0, 0.05) is 24.3 Å². The van der Waals surface area contributed by atoms with Gasteiger partial charge in [-0.2, -0.15) is 5.10 Å². The van der Waals surface area contributed by atoms with Crippen LogP contribution in [0.25, 0.3) is 5.69 Å². The molecule has 1 aliphatic heterocycles. The Morgan fingerprint density at radius 1 is 1.25 bits per heavy atom. The zero-order valence-electron chi connectivity index (χ0n) is 13.9. The number of benzene rings is 1. The molecule has 24 heavy (non-hydrogen) atoms. The monoisotopic (exact) mass is 327 g/mol. The van der Waals surface area contributed by atoms with Crippen LogP contribution in [0.3, 0.4) is 0 Å². The molecule has 1 fully saturated rings. The number of carboxylic acids is 1. The fourth-order valence-corrected chi connectivity index (χ4v) is 3.20. The summed E-state index contributed by atoms with van der Waals surface area (Å²) in [5.74, 6) is -1.30. The van der Waals surface area contributed by atoms with E-state index in [1.807, 2.05) is 48.9 Å². The van der Waals surface area contributed by atoms with Crippen molar-refractivity contribution >= 4 is 11.9 Å². The third-order valence-corrected chi connectivity index (χ3v) is 4.66. The van der Waals surface area contributed by atoms with E-state index in [0.29, 0.717) is 19.5 Å². The molecular weight excluding hydrogens is 306 g/mol. The van der Waals surface area contributed by atoms with Crippen LogP contribution in [-0.4, -0.2) is 44.8 Å². The summed E-state index contributed by atoms with van der Waals surface area (Å²) in [7, 11) is 0. The van der Waals surface area contributed by atoms with Crippen molar-refractivity contribution in [3.8, 4) is 5.69 Å². The van der Waals surface area contributed by atoms with Crippen molar-refractivity contribution in [3.05, 3.63) is 47.3 Å². The van der Waals surface area contributed by atoms with E-state index in [4.69, 9.17) is 5.11 Å². The molecule has 3 rings (SSSR count). The number of carbonyl (C=O) groups is 2. The van der Waals surface area contributed by atoms with Gasteiger partial charge in [-0.05, 0) is 32.4 Å². The van der Waals surface area contributed by atoms with Crippen LogP contribution in [0.2, 0.25) is 0 Å². The Hall–Kier alpha value is -2.63. The number of aliphatic carboxylic acids is 1. The third-order valence-electron chi connectivity index (χ3n) is 4.66. The summed E-state index contributed by atoms with van der Waals surface area (Å²) in [6.07, 6.45) is 0.791. The fourth-order valence-electron chi connectivity index (χ4n) is 3.20. The molecular formula is C18H21N3O3.